The second-order valence-corrected chi connectivity index (χ2v) is 7.70. The molecule has 2 amide bonds. The van der Waals surface area contributed by atoms with Crippen LogP contribution in [0.4, 0.5) is 0 Å². The van der Waals surface area contributed by atoms with Gasteiger partial charge in [0.15, 0.2) is 0 Å². The van der Waals surface area contributed by atoms with E-state index in [1.807, 2.05) is 31.2 Å². The second-order valence-electron chi connectivity index (χ2n) is 7.70. The molecule has 1 fully saturated rings. The molecule has 2 unspecified atom stereocenters. The van der Waals surface area contributed by atoms with Crippen LogP contribution in [0.15, 0.2) is 30.0 Å². The van der Waals surface area contributed by atoms with E-state index < -0.39 is 0 Å². The van der Waals surface area contributed by atoms with Gasteiger partial charge in [-0.25, -0.2) is 0 Å². The molecule has 2 aliphatic rings. The Bertz CT molecular complexity index is 713. The van der Waals surface area contributed by atoms with Crippen molar-refractivity contribution in [1.82, 2.24) is 9.80 Å². The minimum atomic E-state index is -0.211. The van der Waals surface area contributed by atoms with Gasteiger partial charge in [-0.1, -0.05) is 43.7 Å². The zero-order valence-corrected chi connectivity index (χ0v) is 16.1. The predicted octanol–water partition coefficient (Wildman–Crippen LogP) is 2.70. The van der Waals surface area contributed by atoms with Crippen LogP contribution < -0.4 is 0 Å². The normalized spacial score (nSPS) is 24.0. The number of ether oxygens (including phenoxy) is 1. The lowest BCUT2D eigenvalue weighted by molar-refractivity contribution is -0.138. The maximum absolute atomic E-state index is 13.1. The van der Waals surface area contributed by atoms with Crippen molar-refractivity contribution in [3.05, 3.63) is 41.1 Å². The highest BCUT2D eigenvalue weighted by Crippen LogP contribution is 2.35. The average molecular weight is 356 g/mol. The Morgan fingerprint density at radius 3 is 2.23 bits per heavy atom. The number of amides is 2. The number of hydrogen-bond acceptors (Lipinski definition) is 4. The van der Waals surface area contributed by atoms with Crippen LogP contribution in [-0.2, 0) is 14.3 Å². The molecular weight excluding hydrogens is 328 g/mol. The van der Waals surface area contributed by atoms with Gasteiger partial charge in [-0.15, -0.1) is 0 Å². The summed E-state index contributed by atoms with van der Waals surface area (Å²) in [6, 6.07) is 7.84. The molecule has 1 aromatic carbocycles. The summed E-state index contributed by atoms with van der Waals surface area (Å²) in [6.45, 7) is 8.68. The molecule has 5 heteroatoms. The van der Waals surface area contributed by atoms with Gasteiger partial charge in [-0.05, 0) is 30.7 Å². The number of likely N-dealkylation sites (tertiary alicyclic amines) is 1. The largest absolute Gasteiger partial charge is 0.383 e. The summed E-state index contributed by atoms with van der Waals surface area (Å²) < 4.78 is 5.09. The van der Waals surface area contributed by atoms with Gasteiger partial charge in [0, 0.05) is 20.2 Å². The molecule has 3 rings (SSSR count). The molecule has 0 bridgehead atoms. The second kappa shape index (κ2) is 7.62. The number of piperidine rings is 1. The third-order valence-electron chi connectivity index (χ3n) is 5.19. The molecule has 0 aliphatic carbocycles. The number of imide groups is 1. The van der Waals surface area contributed by atoms with Crippen molar-refractivity contribution in [2.45, 2.75) is 27.2 Å². The number of carbonyl (C=O) groups excluding carboxylic acids is 2. The number of hydrogen-bond donors (Lipinski definition) is 0. The van der Waals surface area contributed by atoms with Crippen LogP contribution in [0.1, 0.15) is 31.4 Å². The topological polar surface area (TPSA) is 49.9 Å². The zero-order chi connectivity index (χ0) is 18.8. The summed E-state index contributed by atoms with van der Waals surface area (Å²) in [4.78, 5) is 29.7. The van der Waals surface area contributed by atoms with Gasteiger partial charge < -0.3 is 9.64 Å². The first-order valence-corrected chi connectivity index (χ1v) is 9.33. The van der Waals surface area contributed by atoms with Crippen LogP contribution in [0.25, 0.3) is 5.57 Å². The molecule has 140 valence electrons. The summed E-state index contributed by atoms with van der Waals surface area (Å²) in [5.74, 6) is 0.601. The number of methoxy groups -OCH3 is 1. The van der Waals surface area contributed by atoms with Crippen LogP contribution in [-0.4, -0.2) is 55.0 Å². The standard InChI is InChI=1S/C21H28N2O3/c1-14-5-7-17(8-6-14)18-19(22-12-15(2)11-16(3)13-22)21(25)23(20(18)24)9-10-26-4/h5-8,15-16H,9-13H2,1-4H3. The highest BCUT2D eigenvalue weighted by atomic mass is 16.5. The van der Waals surface area contributed by atoms with Crippen LogP contribution in [0, 0.1) is 18.8 Å². The fourth-order valence-electron chi connectivity index (χ4n) is 4.07. The summed E-state index contributed by atoms with van der Waals surface area (Å²) >= 11 is 0. The van der Waals surface area contributed by atoms with E-state index in [0.29, 0.717) is 29.7 Å². The van der Waals surface area contributed by atoms with Gasteiger partial charge >= 0.3 is 0 Å². The summed E-state index contributed by atoms with van der Waals surface area (Å²) in [7, 11) is 1.58. The highest BCUT2D eigenvalue weighted by molar-refractivity contribution is 6.35. The third kappa shape index (κ3) is 3.54. The van der Waals surface area contributed by atoms with Gasteiger partial charge in [0.2, 0.25) is 0 Å². The van der Waals surface area contributed by atoms with E-state index in [4.69, 9.17) is 4.74 Å². The molecule has 0 saturated carbocycles. The lowest BCUT2D eigenvalue weighted by Gasteiger charge is -2.37. The fourth-order valence-corrected chi connectivity index (χ4v) is 4.07. The first-order chi connectivity index (χ1) is 12.4. The molecule has 2 heterocycles. The van der Waals surface area contributed by atoms with Gasteiger partial charge in [-0.3, -0.25) is 14.5 Å². The first-order valence-electron chi connectivity index (χ1n) is 9.33. The number of rotatable bonds is 5. The SMILES string of the molecule is COCCN1C(=O)C(c2ccc(C)cc2)=C(N2CC(C)CC(C)C2)C1=O. The Hall–Kier alpha value is -2.14. The van der Waals surface area contributed by atoms with E-state index in [9.17, 15) is 9.59 Å². The van der Waals surface area contributed by atoms with Crippen molar-refractivity contribution >= 4 is 17.4 Å². The number of aryl methyl sites for hydroxylation is 1. The fraction of sp³-hybridized carbons (Fsp3) is 0.524. The molecule has 1 aromatic rings. The monoisotopic (exact) mass is 356 g/mol. The van der Waals surface area contributed by atoms with Crippen molar-refractivity contribution in [3.63, 3.8) is 0 Å². The van der Waals surface area contributed by atoms with Gasteiger partial charge in [0.25, 0.3) is 11.8 Å². The maximum atomic E-state index is 13.1. The number of carbonyl (C=O) groups is 2. The molecule has 0 radical (unpaired) electrons. The van der Waals surface area contributed by atoms with E-state index in [0.717, 1.165) is 30.6 Å². The molecule has 2 aliphatic heterocycles. The Kier molecular flexibility index (Phi) is 5.47. The molecular formula is C21H28N2O3. The molecule has 0 aromatic heterocycles. The molecule has 2 atom stereocenters. The Balaban J connectivity index is 2.04. The summed E-state index contributed by atoms with van der Waals surface area (Å²) in [6.07, 6.45) is 1.15. The van der Waals surface area contributed by atoms with Crippen LogP contribution in [0.3, 0.4) is 0 Å². The number of benzene rings is 1. The molecule has 5 nitrogen and oxygen atoms in total. The van der Waals surface area contributed by atoms with E-state index in [2.05, 4.69) is 18.7 Å². The first kappa shape index (κ1) is 18.6. The van der Waals surface area contributed by atoms with Crippen LogP contribution in [0.2, 0.25) is 0 Å². The van der Waals surface area contributed by atoms with Crippen molar-refractivity contribution in [2.24, 2.45) is 11.8 Å². The predicted molar refractivity (Wildman–Crippen MR) is 101 cm³/mol. The van der Waals surface area contributed by atoms with Crippen molar-refractivity contribution in [3.8, 4) is 0 Å². The summed E-state index contributed by atoms with van der Waals surface area (Å²) in [5.41, 5.74) is 3.04. The lowest BCUT2D eigenvalue weighted by atomic mass is 9.91. The van der Waals surface area contributed by atoms with Crippen molar-refractivity contribution in [2.75, 3.05) is 33.4 Å². The Labute approximate surface area is 155 Å². The Morgan fingerprint density at radius 1 is 1.04 bits per heavy atom. The smallest absolute Gasteiger partial charge is 0.277 e. The van der Waals surface area contributed by atoms with E-state index >= 15 is 0 Å². The van der Waals surface area contributed by atoms with E-state index in [1.165, 1.54) is 4.90 Å². The molecule has 1 saturated heterocycles. The Morgan fingerprint density at radius 2 is 1.65 bits per heavy atom. The minimum absolute atomic E-state index is 0.191. The maximum Gasteiger partial charge on any atom is 0.277 e. The molecule has 26 heavy (non-hydrogen) atoms. The van der Waals surface area contributed by atoms with Crippen LogP contribution >= 0.6 is 0 Å². The van der Waals surface area contributed by atoms with Gasteiger partial charge in [0.05, 0.1) is 18.7 Å². The lowest BCUT2D eigenvalue weighted by Crippen LogP contribution is -2.42. The van der Waals surface area contributed by atoms with E-state index in [1.54, 1.807) is 7.11 Å². The van der Waals surface area contributed by atoms with Gasteiger partial charge in [-0.2, -0.15) is 0 Å². The molecule has 0 spiro atoms. The quantitative estimate of drug-likeness (QED) is 0.761. The summed E-state index contributed by atoms with van der Waals surface area (Å²) in [5, 5.41) is 0. The van der Waals surface area contributed by atoms with Gasteiger partial charge in [0.1, 0.15) is 5.70 Å². The minimum Gasteiger partial charge on any atom is -0.383 e. The number of nitrogens with zero attached hydrogens (tertiary/aromatic N) is 2. The van der Waals surface area contributed by atoms with Crippen LogP contribution in [0.5, 0.6) is 0 Å². The van der Waals surface area contributed by atoms with Crippen molar-refractivity contribution < 1.29 is 14.3 Å². The average Bonchev–Trinajstić information content (AvgIpc) is 2.83. The zero-order valence-electron chi connectivity index (χ0n) is 16.1. The highest BCUT2D eigenvalue weighted by Gasteiger charge is 2.42. The molecule has 0 N–H and O–H groups in total. The van der Waals surface area contributed by atoms with Crippen molar-refractivity contribution in [1.29, 1.82) is 0 Å². The third-order valence-corrected chi connectivity index (χ3v) is 5.19. The van der Waals surface area contributed by atoms with E-state index in [-0.39, 0.29) is 18.4 Å².